The van der Waals surface area contributed by atoms with Crippen molar-refractivity contribution >= 4 is 5.97 Å². The van der Waals surface area contributed by atoms with Crippen molar-refractivity contribution in [2.75, 3.05) is 0 Å². The Morgan fingerprint density at radius 3 is 2.00 bits per heavy atom. The minimum atomic E-state index is -1.69. The van der Waals surface area contributed by atoms with Crippen LogP contribution in [0.15, 0.2) is 48.6 Å². The number of aryl methyl sites for hydroxylation is 1. The lowest BCUT2D eigenvalue weighted by Crippen LogP contribution is -2.16. The highest BCUT2D eigenvalue weighted by atomic mass is 19.2. The monoisotopic (exact) mass is 548 g/mol. The molecule has 3 aromatic carbocycles. The molecule has 1 fully saturated rings. The zero-order valence-corrected chi connectivity index (χ0v) is 21.0. The molecule has 0 unspecified atom stereocenters. The lowest BCUT2D eigenvalue weighted by atomic mass is 9.75. The van der Waals surface area contributed by atoms with Gasteiger partial charge in [0.15, 0.2) is 34.8 Å². The zero-order chi connectivity index (χ0) is 28.3. The van der Waals surface area contributed by atoms with E-state index in [1.807, 2.05) is 19.1 Å². The van der Waals surface area contributed by atoms with Crippen LogP contribution in [0.2, 0.25) is 0 Å². The first-order valence-corrected chi connectivity index (χ1v) is 12.6. The summed E-state index contributed by atoms with van der Waals surface area (Å²) < 4.78 is 91.4. The van der Waals surface area contributed by atoms with Gasteiger partial charge in [-0.2, -0.15) is 8.78 Å². The summed E-state index contributed by atoms with van der Waals surface area (Å²) in [6.07, 6.45) is 6.36. The summed E-state index contributed by atoms with van der Waals surface area (Å²) in [5, 5.41) is 9.17. The first kappa shape index (κ1) is 28.3. The lowest BCUT2D eigenvalue weighted by Gasteiger charge is -2.30. The predicted octanol–water partition coefficient (Wildman–Crippen LogP) is 8.40. The molecule has 0 saturated heterocycles. The van der Waals surface area contributed by atoms with Crippen LogP contribution in [0.25, 0.3) is 0 Å². The Balaban J connectivity index is 1.44. The van der Waals surface area contributed by atoms with Crippen LogP contribution >= 0.6 is 0 Å². The molecule has 0 aliphatic heterocycles. The second kappa shape index (κ2) is 12.0. The molecule has 0 bridgehead atoms. The van der Waals surface area contributed by atoms with Gasteiger partial charge in [-0.05, 0) is 92.2 Å². The maximum absolute atomic E-state index is 15.0. The molecular weight excluding hydrogens is 522 g/mol. The van der Waals surface area contributed by atoms with Gasteiger partial charge in [0.25, 0.3) is 0 Å². The second-order valence-electron chi connectivity index (χ2n) is 9.53. The highest BCUT2D eigenvalue weighted by Crippen LogP contribution is 2.43. The molecule has 1 saturated carbocycles. The molecule has 0 spiro atoms. The Bertz CT molecular complexity index is 1410. The Kier molecular flexibility index (Phi) is 8.67. The van der Waals surface area contributed by atoms with E-state index in [1.165, 1.54) is 6.07 Å². The van der Waals surface area contributed by atoms with E-state index in [-0.39, 0.29) is 17.0 Å². The molecule has 1 aliphatic rings. The highest BCUT2D eigenvalue weighted by Gasteiger charge is 2.30. The van der Waals surface area contributed by atoms with Crippen LogP contribution in [0, 0.1) is 34.9 Å². The van der Waals surface area contributed by atoms with Gasteiger partial charge in [-0.15, -0.1) is 0 Å². The summed E-state index contributed by atoms with van der Waals surface area (Å²) in [4.78, 5) is 12.2. The third-order valence-electron chi connectivity index (χ3n) is 7.18. The fourth-order valence-electron chi connectivity index (χ4n) is 5.03. The second-order valence-corrected chi connectivity index (χ2v) is 9.53. The number of benzene rings is 3. The number of aromatic hydroxyl groups is 1. The van der Waals surface area contributed by atoms with Crippen LogP contribution in [0.1, 0.15) is 77.9 Å². The third kappa shape index (κ3) is 5.82. The van der Waals surface area contributed by atoms with Crippen molar-refractivity contribution in [2.24, 2.45) is 0 Å². The number of hydrogen-bond acceptors (Lipinski definition) is 3. The fourth-order valence-corrected chi connectivity index (χ4v) is 5.03. The number of carbonyl (C=O) groups is 1. The number of rotatable bonds is 7. The van der Waals surface area contributed by atoms with E-state index in [9.17, 15) is 36.2 Å². The molecule has 206 valence electrons. The number of ether oxygens (including phenoxy) is 1. The van der Waals surface area contributed by atoms with E-state index in [0.717, 1.165) is 18.2 Å². The first-order valence-electron chi connectivity index (χ1n) is 12.6. The van der Waals surface area contributed by atoms with E-state index < -0.39 is 63.9 Å². The van der Waals surface area contributed by atoms with E-state index in [4.69, 9.17) is 4.74 Å². The normalized spacial score (nSPS) is 17.5. The molecule has 39 heavy (non-hydrogen) atoms. The van der Waals surface area contributed by atoms with E-state index in [1.54, 1.807) is 12.1 Å². The zero-order valence-electron chi connectivity index (χ0n) is 21.0. The summed E-state index contributed by atoms with van der Waals surface area (Å²) in [6, 6.07) is 6.94. The summed E-state index contributed by atoms with van der Waals surface area (Å²) >= 11 is 0. The average Bonchev–Trinajstić information content (AvgIpc) is 2.93. The molecule has 3 aromatic rings. The lowest BCUT2D eigenvalue weighted by molar-refractivity contribution is 0.0720. The van der Waals surface area contributed by atoms with Gasteiger partial charge in [0.05, 0.1) is 5.56 Å². The topological polar surface area (TPSA) is 46.5 Å². The predicted molar refractivity (Wildman–Crippen MR) is 133 cm³/mol. The maximum Gasteiger partial charge on any atom is 0.346 e. The minimum absolute atomic E-state index is 0.0404. The summed E-state index contributed by atoms with van der Waals surface area (Å²) in [5.74, 6) is -11.8. The van der Waals surface area contributed by atoms with Crippen LogP contribution in [0.4, 0.5) is 26.3 Å². The van der Waals surface area contributed by atoms with Crippen molar-refractivity contribution in [2.45, 2.75) is 57.3 Å². The number of halogens is 6. The Morgan fingerprint density at radius 1 is 0.795 bits per heavy atom. The number of carbonyl (C=O) groups excluding carboxylic acids is 1. The molecular formula is C30H26F6O3. The Labute approximate surface area is 221 Å². The average molecular weight is 549 g/mol. The fraction of sp³-hybridized carbons (Fsp3) is 0.300. The van der Waals surface area contributed by atoms with Gasteiger partial charge in [0.1, 0.15) is 0 Å². The highest BCUT2D eigenvalue weighted by molar-refractivity contribution is 5.91. The molecule has 0 radical (unpaired) electrons. The molecule has 1 aliphatic carbocycles. The molecule has 0 aromatic heterocycles. The van der Waals surface area contributed by atoms with Crippen LogP contribution in [0.3, 0.4) is 0 Å². The van der Waals surface area contributed by atoms with Crippen molar-refractivity contribution in [3.05, 3.63) is 106 Å². The van der Waals surface area contributed by atoms with Crippen LogP contribution < -0.4 is 4.74 Å². The minimum Gasteiger partial charge on any atom is -0.505 e. The largest absolute Gasteiger partial charge is 0.505 e. The third-order valence-corrected chi connectivity index (χ3v) is 7.18. The van der Waals surface area contributed by atoms with Crippen molar-refractivity contribution in [1.29, 1.82) is 0 Å². The maximum atomic E-state index is 15.0. The number of allylic oxidation sites excluding steroid dienone is 2. The van der Waals surface area contributed by atoms with Gasteiger partial charge in [0, 0.05) is 0 Å². The molecule has 0 atom stereocenters. The quantitative estimate of drug-likeness (QED) is 0.140. The standard InChI is InChI=1S/C30H26F6O3/c1-2-3-4-5-18-10-11-19(25(32)24(18)31)16-6-8-17(9-7-16)20-13-15-23(29(36)26(20)33)39-30(38)21-12-14-22(37)28(35)27(21)34/h2-3,10-17,37H,4-9H2,1H3/b3-2+. The van der Waals surface area contributed by atoms with Crippen molar-refractivity contribution < 1.29 is 41.0 Å². The molecule has 9 heteroatoms. The van der Waals surface area contributed by atoms with Crippen LogP contribution in [-0.4, -0.2) is 11.1 Å². The summed E-state index contributed by atoms with van der Waals surface area (Å²) in [7, 11) is 0. The van der Waals surface area contributed by atoms with Gasteiger partial charge < -0.3 is 9.84 Å². The molecule has 0 heterocycles. The number of hydrogen-bond donors (Lipinski definition) is 1. The molecule has 0 amide bonds. The van der Waals surface area contributed by atoms with Crippen LogP contribution in [-0.2, 0) is 6.42 Å². The SMILES string of the molecule is C/C=C/CCc1ccc(C2CCC(c3ccc(OC(=O)c4ccc(O)c(F)c4F)c(F)c3F)CC2)c(F)c1F. The Morgan fingerprint density at radius 2 is 1.38 bits per heavy atom. The number of phenols is 1. The molecule has 1 N–H and O–H groups in total. The van der Waals surface area contributed by atoms with Crippen molar-refractivity contribution in [3.63, 3.8) is 0 Å². The molecule has 4 rings (SSSR count). The molecule has 3 nitrogen and oxygen atoms in total. The van der Waals surface area contributed by atoms with Crippen molar-refractivity contribution in [3.8, 4) is 11.5 Å². The number of esters is 1. The Hall–Kier alpha value is -3.75. The summed E-state index contributed by atoms with van der Waals surface area (Å²) in [6.45, 7) is 1.85. The van der Waals surface area contributed by atoms with Gasteiger partial charge in [0.2, 0.25) is 11.6 Å². The van der Waals surface area contributed by atoms with Crippen LogP contribution in [0.5, 0.6) is 11.5 Å². The van der Waals surface area contributed by atoms with Gasteiger partial charge in [-0.1, -0.05) is 30.4 Å². The van der Waals surface area contributed by atoms with Crippen molar-refractivity contribution in [1.82, 2.24) is 0 Å². The van der Waals surface area contributed by atoms with Gasteiger partial charge in [-0.3, -0.25) is 0 Å². The van der Waals surface area contributed by atoms with Gasteiger partial charge in [-0.25, -0.2) is 22.4 Å². The summed E-state index contributed by atoms with van der Waals surface area (Å²) in [5.41, 5.74) is -0.284. The smallest absolute Gasteiger partial charge is 0.346 e. The van der Waals surface area contributed by atoms with Gasteiger partial charge >= 0.3 is 5.97 Å². The van der Waals surface area contributed by atoms with E-state index >= 15 is 0 Å². The van der Waals surface area contributed by atoms with E-state index in [2.05, 4.69) is 0 Å². The van der Waals surface area contributed by atoms with E-state index in [0.29, 0.717) is 44.1 Å². The first-order chi connectivity index (χ1) is 18.6. The number of phenolic OH excluding ortho intramolecular Hbond substituents is 1.